The Balaban J connectivity index is 1.44. The molecule has 2 aromatic rings. The summed E-state index contributed by atoms with van der Waals surface area (Å²) in [6.07, 6.45) is 2.50. The van der Waals surface area contributed by atoms with E-state index < -0.39 is 139 Å². The molecule has 25 heteroatoms. The number of carboxylic acid groups (broad SMARTS) is 2. The average molecular weight is 1000 g/mol. The summed E-state index contributed by atoms with van der Waals surface area (Å²) in [7, 11) is 0. The van der Waals surface area contributed by atoms with Gasteiger partial charge in [-0.25, -0.2) is 4.79 Å². The Morgan fingerprint density at radius 2 is 1.41 bits per heavy atom. The fraction of sp³-hybridized carbons (Fsp3) is 0.600. The molecule has 13 N–H and O–H groups in total. The Bertz CT molecular complexity index is 2220. The summed E-state index contributed by atoms with van der Waals surface area (Å²) in [6, 6.07) is -3.17. The molecule has 3 heterocycles. The monoisotopic (exact) mass is 1000 g/mol. The van der Waals surface area contributed by atoms with Crippen LogP contribution in [-0.4, -0.2) is 187 Å². The Hall–Kier alpha value is -6.31. The minimum Gasteiger partial charge on any atom is -0.481 e. The maximum atomic E-state index is 14.2. The van der Waals surface area contributed by atoms with Gasteiger partial charge in [0, 0.05) is 43.0 Å². The van der Waals surface area contributed by atoms with Crippen molar-refractivity contribution in [2.75, 3.05) is 38.2 Å². The van der Waals surface area contributed by atoms with E-state index in [1.807, 2.05) is 18.2 Å². The first-order valence-electron chi connectivity index (χ1n) is 23.1. The van der Waals surface area contributed by atoms with Gasteiger partial charge in [0.05, 0.1) is 25.3 Å². The first-order valence-corrected chi connectivity index (χ1v) is 24.5. The summed E-state index contributed by atoms with van der Waals surface area (Å²) in [5.74, 6) is -8.95. The largest absolute Gasteiger partial charge is 0.481 e. The fourth-order valence-corrected chi connectivity index (χ4v) is 8.77. The number of nitrogens with two attached hydrogens (primary N) is 1. The van der Waals surface area contributed by atoms with Gasteiger partial charge in [0.2, 0.25) is 47.3 Å². The third-order valence-corrected chi connectivity index (χ3v) is 12.8. The van der Waals surface area contributed by atoms with Gasteiger partial charge in [0.15, 0.2) is 0 Å². The number of likely N-dealkylation sites (tertiary alicyclic amines) is 2. The molecule has 1 aromatic carbocycles. The van der Waals surface area contributed by atoms with E-state index in [-0.39, 0.29) is 45.2 Å². The summed E-state index contributed by atoms with van der Waals surface area (Å²) in [4.78, 5) is 137. The van der Waals surface area contributed by atoms with Gasteiger partial charge in [-0.3, -0.25) is 43.2 Å². The Labute approximate surface area is 408 Å². The molecule has 4 rings (SSSR count). The number of nitrogens with zero attached hydrogens (tertiary/aromatic N) is 2. The van der Waals surface area contributed by atoms with E-state index in [2.05, 4.69) is 36.9 Å². The number of nitrogens with one attached hydrogen (secondary N) is 7. The number of benzene rings is 1. The molecule has 1 aromatic heterocycles. The zero-order chi connectivity index (χ0) is 51.8. The number of aromatic amines is 1. The van der Waals surface area contributed by atoms with E-state index in [4.69, 9.17) is 10.8 Å². The number of aliphatic hydroxyl groups is 2. The number of hydrogen-bond donors (Lipinski definition) is 12. The van der Waals surface area contributed by atoms with Gasteiger partial charge in [-0.05, 0) is 75.0 Å². The van der Waals surface area contributed by atoms with E-state index in [1.54, 1.807) is 32.4 Å². The maximum absolute atomic E-state index is 14.2. The van der Waals surface area contributed by atoms with Crippen molar-refractivity contribution in [3.05, 3.63) is 36.0 Å². The van der Waals surface area contributed by atoms with Crippen LogP contribution < -0.4 is 37.6 Å². The number of aliphatic carboxylic acids is 2. The lowest BCUT2D eigenvalue weighted by Gasteiger charge is -2.32. The molecule has 0 radical (unpaired) electrons. The summed E-state index contributed by atoms with van der Waals surface area (Å²) < 4.78 is 0. The SMILES string of the molecule is CSCC[C@H](NC(=O)[C@@H](NC(=O)[C@@H](N)CCC(=O)O)[C@@H](C)O)C(=O)NCC(=O)N[C@H](C(=O)N1CCC[C@H]1C(=O)N[C@@H](Cc1c[nH]c2ccccc12)C(=O)N[C@@H](CO)C(=O)N1CCC[C@H]1C(=O)O)C(C)C. The number of rotatable bonds is 26. The third-order valence-electron chi connectivity index (χ3n) is 12.2. The number of aliphatic hydroxyl groups excluding tert-OH is 2. The average Bonchev–Trinajstić information content (AvgIpc) is 4.11. The van der Waals surface area contributed by atoms with E-state index in [1.165, 1.54) is 23.6 Å². The second-order valence-electron chi connectivity index (χ2n) is 17.7. The van der Waals surface area contributed by atoms with Gasteiger partial charge < -0.3 is 72.8 Å². The van der Waals surface area contributed by atoms with Crippen LogP contribution in [0.2, 0.25) is 0 Å². The van der Waals surface area contributed by atoms with Crippen molar-refractivity contribution in [2.24, 2.45) is 11.7 Å². The van der Waals surface area contributed by atoms with E-state index >= 15 is 0 Å². The van der Waals surface area contributed by atoms with Crippen LogP contribution in [0, 0.1) is 5.92 Å². The maximum Gasteiger partial charge on any atom is 0.326 e. The van der Waals surface area contributed by atoms with Crippen LogP contribution in [0.4, 0.5) is 0 Å². The number of carbonyl (C=O) groups excluding carboxylic acids is 8. The number of thioether (sulfide) groups is 1. The lowest BCUT2D eigenvalue weighted by atomic mass is 10.0. The molecular formula is C45H66N10O14S. The van der Waals surface area contributed by atoms with Crippen molar-refractivity contribution in [3.8, 4) is 0 Å². The summed E-state index contributed by atoms with van der Waals surface area (Å²) in [6.45, 7) is 3.28. The minimum atomic E-state index is -1.57. The highest BCUT2D eigenvalue weighted by Crippen LogP contribution is 2.23. The highest BCUT2D eigenvalue weighted by molar-refractivity contribution is 7.98. The standard InChI is InChI=1S/C45H66N10O14S/c1-23(2)36(52-34(58)21-48-39(62)29(15-18-70-4)49-42(65)37(24(3)57)53-38(61)27(46)13-14-35(59)60)44(67)54-16-7-11-32(54)41(64)50-30(19-25-20-47-28-10-6-5-9-26(25)28)40(63)51-31(22-56)43(66)55-17-8-12-33(55)45(68)69/h5-6,9-10,20,23-24,27,29-33,36-37,47,56-57H,7-8,11-19,21-22,46H2,1-4H3,(H,48,62)(H,49,65)(H,50,64)(H,51,63)(H,52,58)(H,53,61)(H,59,60)(H,68,69)/t24-,27+,29+,30+,31+,32+,33+,36+,37+/m1/s1. The number of amides is 8. The highest BCUT2D eigenvalue weighted by atomic mass is 32.2. The molecule has 24 nitrogen and oxygen atoms in total. The first kappa shape index (κ1) is 56.3. The second kappa shape index (κ2) is 26.6. The zero-order valence-corrected chi connectivity index (χ0v) is 40.4. The Morgan fingerprint density at radius 3 is 2.03 bits per heavy atom. The van der Waals surface area contributed by atoms with Gasteiger partial charge >= 0.3 is 11.9 Å². The quantitative estimate of drug-likeness (QED) is 0.0456. The van der Waals surface area contributed by atoms with Crippen LogP contribution in [-0.2, 0) is 54.4 Å². The van der Waals surface area contributed by atoms with Crippen molar-refractivity contribution in [2.45, 2.75) is 127 Å². The van der Waals surface area contributed by atoms with Crippen LogP contribution >= 0.6 is 11.8 Å². The molecule has 0 unspecified atom stereocenters. The second-order valence-corrected chi connectivity index (χ2v) is 18.7. The van der Waals surface area contributed by atoms with Gasteiger partial charge in [-0.1, -0.05) is 32.0 Å². The zero-order valence-electron chi connectivity index (χ0n) is 39.6. The van der Waals surface area contributed by atoms with E-state index in [9.17, 15) is 63.3 Å². The molecule has 8 amide bonds. The molecule has 0 spiro atoms. The van der Waals surface area contributed by atoms with Crippen molar-refractivity contribution < 1.29 is 68.4 Å². The van der Waals surface area contributed by atoms with Crippen molar-refractivity contribution >= 4 is 81.9 Å². The Morgan fingerprint density at radius 1 is 0.771 bits per heavy atom. The van der Waals surface area contributed by atoms with Gasteiger partial charge in [0.1, 0.15) is 42.3 Å². The predicted molar refractivity (Wildman–Crippen MR) is 253 cm³/mol. The molecule has 2 aliphatic rings. The van der Waals surface area contributed by atoms with Crippen molar-refractivity contribution in [1.29, 1.82) is 0 Å². The number of fused-ring (bicyclic) bond motifs is 1. The molecule has 386 valence electrons. The summed E-state index contributed by atoms with van der Waals surface area (Å²) in [5.41, 5.74) is 7.14. The van der Waals surface area contributed by atoms with Crippen molar-refractivity contribution in [1.82, 2.24) is 46.7 Å². The molecule has 2 saturated heterocycles. The summed E-state index contributed by atoms with van der Waals surface area (Å²) in [5, 5.41) is 54.9. The van der Waals surface area contributed by atoms with Gasteiger partial charge in [0.25, 0.3) is 0 Å². The van der Waals surface area contributed by atoms with Crippen LogP contribution in [0.15, 0.2) is 30.5 Å². The Kier molecular flexibility index (Phi) is 21.4. The molecule has 2 fully saturated rings. The fourth-order valence-electron chi connectivity index (χ4n) is 8.29. The van der Waals surface area contributed by atoms with Gasteiger partial charge in [-0.2, -0.15) is 11.8 Å². The number of aromatic nitrogens is 1. The van der Waals surface area contributed by atoms with Crippen molar-refractivity contribution in [3.63, 3.8) is 0 Å². The topological polar surface area (TPSA) is 372 Å². The minimum absolute atomic E-state index is 0.0702. The van der Waals surface area contributed by atoms with Crippen LogP contribution in [0.1, 0.15) is 71.3 Å². The number of carbonyl (C=O) groups is 10. The molecule has 2 aliphatic heterocycles. The summed E-state index contributed by atoms with van der Waals surface area (Å²) >= 11 is 1.35. The lowest BCUT2D eigenvalue weighted by molar-refractivity contribution is -0.150. The van der Waals surface area contributed by atoms with E-state index in [0.29, 0.717) is 24.2 Å². The first-order chi connectivity index (χ1) is 33.2. The molecule has 70 heavy (non-hydrogen) atoms. The molecule has 9 atom stereocenters. The number of carboxylic acids is 2. The lowest BCUT2D eigenvalue weighted by Crippen LogP contribution is -2.60. The normalized spacial score (nSPS) is 18.7. The molecular weight excluding hydrogens is 937 g/mol. The van der Waals surface area contributed by atoms with E-state index in [0.717, 1.165) is 15.8 Å². The van der Waals surface area contributed by atoms with Crippen LogP contribution in [0.25, 0.3) is 10.9 Å². The molecule has 0 saturated carbocycles. The number of para-hydroxylation sites is 1. The molecule has 0 bridgehead atoms. The number of H-pyrrole nitrogens is 1. The molecule has 0 aliphatic carbocycles. The predicted octanol–water partition coefficient (Wildman–Crippen LogP) is -2.71. The third kappa shape index (κ3) is 15.3. The van der Waals surface area contributed by atoms with Gasteiger partial charge in [-0.15, -0.1) is 0 Å². The number of hydrogen-bond acceptors (Lipinski definition) is 14. The highest BCUT2D eigenvalue weighted by Gasteiger charge is 2.42. The van der Waals surface area contributed by atoms with Crippen LogP contribution in [0.3, 0.4) is 0 Å². The smallest absolute Gasteiger partial charge is 0.326 e. The van der Waals surface area contributed by atoms with Crippen LogP contribution in [0.5, 0.6) is 0 Å².